The number of hydrogen-bond donors (Lipinski definition) is 0. The number of hydrogen-bond acceptors (Lipinski definition) is 1. The third kappa shape index (κ3) is 10.9. The van der Waals surface area contributed by atoms with Crippen molar-refractivity contribution in [3.8, 4) is 0 Å². The maximum absolute atomic E-state index is 4.10. The molecule has 0 saturated heterocycles. The van der Waals surface area contributed by atoms with Crippen LogP contribution in [0.5, 0.6) is 0 Å². The fourth-order valence-corrected chi connectivity index (χ4v) is 0.310. The van der Waals surface area contributed by atoms with Crippen LogP contribution in [0.25, 0.3) is 0 Å². The minimum atomic E-state index is 0. The second-order valence-electron chi connectivity index (χ2n) is 1.65. The summed E-state index contributed by atoms with van der Waals surface area (Å²) in [5, 5.41) is 0. The molecule has 64 valence electrons. The minimum Gasteiger partial charge on any atom is -0.358 e. The van der Waals surface area contributed by atoms with E-state index in [1.54, 1.807) is 0 Å². The van der Waals surface area contributed by atoms with Crippen molar-refractivity contribution in [3.05, 3.63) is 19.2 Å². The van der Waals surface area contributed by atoms with Gasteiger partial charge in [0.2, 0.25) is 0 Å². The molecule has 0 rings (SSSR count). The zero-order chi connectivity index (χ0) is 6.41. The van der Waals surface area contributed by atoms with Crippen LogP contribution in [-0.4, -0.2) is 6.21 Å². The molecule has 0 bridgehead atoms. The summed E-state index contributed by atoms with van der Waals surface area (Å²) in [5.41, 5.74) is 1.09. The molecule has 0 atom stereocenters. The first kappa shape index (κ1) is 16.6. The molecule has 0 aliphatic rings. The molecule has 1 nitrogen and oxygen atoms in total. The third-order valence-electron chi connectivity index (χ3n) is 0.895. The topological polar surface area (TPSA) is 12.4 Å². The van der Waals surface area contributed by atoms with E-state index in [0.29, 0.717) is 0 Å². The maximum atomic E-state index is 4.10. The minimum absolute atomic E-state index is 0. The fourth-order valence-electron chi connectivity index (χ4n) is 0.310. The van der Waals surface area contributed by atoms with Gasteiger partial charge in [0.25, 0.3) is 0 Å². The third-order valence-corrected chi connectivity index (χ3v) is 0.895. The van der Waals surface area contributed by atoms with Crippen LogP contribution in [0.3, 0.4) is 0 Å². The van der Waals surface area contributed by atoms with E-state index in [1.807, 2.05) is 26.1 Å². The normalized spacial score (nSPS) is 10.5. The first-order chi connectivity index (χ1) is 3.81. The van der Waals surface area contributed by atoms with Gasteiger partial charge in [0.05, 0.1) is 0 Å². The number of nitrogens with zero attached hydrogens (tertiary/aromatic N) is 1. The van der Waals surface area contributed by atoms with Crippen LogP contribution < -0.4 is 0 Å². The van der Waals surface area contributed by atoms with E-state index in [1.165, 1.54) is 0 Å². The van der Waals surface area contributed by atoms with Crippen molar-refractivity contribution in [1.29, 1.82) is 0 Å². The van der Waals surface area contributed by atoms with Gasteiger partial charge in [0.15, 0.2) is 0 Å². The second-order valence-corrected chi connectivity index (χ2v) is 1.65. The van der Waals surface area contributed by atoms with E-state index < -0.39 is 0 Å². The molecular formula is C8H16NPd-. The molecule has 0 radical (unpaired) electrons. The van der Waals surface area contributed by atoms with Crippen LogP contribution in [0.1, 0.15) is 27.2 Å². The Labute approximate surface area is 78.3 Å². The summed E-state index contributed by atoms with van der Waals surface area (Å²) in [6, 6.07) is 0. The summed E-state index contributed by atoms with van der Waals surface area (Å²) < 4.78 is 0. The molecular weight excluding hydrogens is 217 g/mol. The van der Waals surface area contributed by atoms with Gasteiger partial charge in [-0.3, -0.25) is 4.99 Å². The maximum Gasteiger partial charge on any atom is 0.0326 e. The predicted octanol–water partition coefficient (Wildman–Crippen LogP) is 2.84. The van der Waals surface area contributed by atoms with Gasteiger partial charge in [0.1, 0.15) is 0 Å². The van der Waals surface area contributed by atoms with Crippen LogP contribution in [0, 0.1) is 7.43 Å². The molecule has 0 spiro atoms. The Morgan fingerprint density at radius 3 is 2.30 bits per heavy atom. The van der Waals surface area contributed by atoms with E-state index in [-0.39, 0.29) is 27.8 Å². The van der Waals surface area contributed by atoms with Gasteiger partial charge in [-0.15, -0.1) is 0 Å². The summed E-state index contributed by atoms with van der Waals surface area (Å²) in [5.74, 6) is 0. The smallest absolute Gasteiger partial charge is 0.0326 e. The van der Waals surface area contributed by atoms with Crippen molar-refractivity contribution in [1.82, 2.24) is 0 Å². The molecule has 0 amide bonds. The Hall–Kier alpha value is 0.0723. The summed E-state index contributed by atoms with van der Waals surface area (Å²) in [4.78, 5) is 4.10. The van der Waals surface area contributed by atoms with Crippen molar-refractivity contribution < 1.29 is 20.4 Å². The van der Waals surface area contributed by atoms with Gasteiger partial charge in [-0.25, -0.2) is 0 Å². The molecule has 0 aliphatic carbocycles. The van der Waals surface area contributed by atoms with Crippen molar-refractivity contribution in [2.75, 3.05) is 0 Å². The summed E-state index contributed by atoms with van der Waals surface area (Å²) in [6.07, 6.45) is 4.92. The Morgan fingerprint density at radius 1 is 1.50 bits per heavy atom. The molecule has 0 N–H and O–H groups in total. The number of allylic oxidation sites excluding steroid dienone is 2. The van der Waals surface area contributed by atoms with Gasteiger partial charge >= 0.3 is 0 Å². The Balaban J connectivity index is -0.000000245. The van der Waals surface area contributed by atoms with Crippen LogP contribution in [0.2, 0.25) is 0 Å². The second kappa shape index (κ2) is 11.8. The predicted molar refractivity (Wildman–Crippen MR) is 44.6 cm³/mol. The molecule has 0 saturated carbocycles. The molecule has 0 aromatic carbocycles. The molecule has 0 aromatic rings. The van der Waals surface area contributed by atoms with Gasteiger partial charge < -0.3 is 7.43 Å². The van der Waals surface area contributed by atoms with Gasteiger partial charge in [-0.05, 0) is 20.3 Å². The van der Waals surface area contributed by atoms with Gasteiger partial charge in [-0.2, -0.15) is 0 Å². The van der Waals surface area contributed by atoms with E-state index in [9.17, 15) is 0 Å². The van der Waals surface area contributed by atoms with Gasteiger partial charge in [0, 0.05) is 32.3 Å². The molecule has 0 fully saturated rings. The summed E-state index contributed by atoms with van der Waals surface area (Å²) >= 11 is 0. The van der Waals surface area contributed by atoms with Crippen LogP contribution in [0.15, 0.2) is 16.8 Å². The zero-order valence-electron chi connectivity index (χ0n) is 7.13. The largest absolute Gasteiger partial charge is 0.358 e. The van der Waals surface area contributed by atoms with Crippen molar-refractivity contribution in [3.63, 3.8) is 0 Å². The monoisotopic (exact) mass is 232 g/mol. The summed E-state index contributed by atoms with van der Waals surface area (Å²) in [6.45, 7) is 6.06. The van der Waals surface area contributed by atoms with E-state index in [0.717, 1.165) is 12.1 Å². The first-order valence-electron chi connectivity index (χ1n) is 2.96. The average Bonchev–Trinajstić information content (AvgIpc) is 1.83. The van der Waals surface area contributed by atoms with Crippen LogP contribution >= 0.6 is 0 Å². The van der Waals surface area contributed by atoms with Gasteiger partial charge in [-0.1, -0.05) is 13.0 Å². The molecule has 0 aliphatic heterocycles. The van der Waals surface area contributed by atoms with E-state index in [2.05, 4.69) is 11.9 Å². The summed E-state index contributed by atoms with van der Waals surface area (Å²) in [7, 11) is 0. The molecule has 0 heterocycles. The average molecular weight is 233 g/mol. The van der Waals surface area contributed by atoms with Crippen LogP contribution in [-0.2, 0) is 20.4 Å². The Bertz CT molecular complexity index is 106. The Morgan fingerprint density at radius 2 is 2.00 bits per heavy atom. The van der Waals surface area contributed by atoms with Crippen molar-refractivity contribution >= 4 is 6.21 Å². The van der Waals surface area contributed by atoms with E-state index >= 15 is 0 Å². The standard InChI is InChI=1S/C7H13N.CH3.Pd/c1-4-6-8-7(3)5-2;;/h5-6H,4H2,1-3H3;1H3;/q;-1;/b7-5-,8-6?;;. The zero-order valence-corrected chi connectivity index (χ0v) is 8.68. The number of rotatable bonds is 2. The van der Waals surface area contributed by atoms with Crippen molar-refractivity contribution in [2.24, 2.45) is 4.99 Å². The molecule has 0 unspecified atom stereocenters. The van der Waals surface area contributed by atoms with E-state index in [4.69, 9.17) is 0 Å². The van der Waals surface area contributed by atoms with Crippen molar-refractivity contribution in [2.45, 2.75) is 27.2 Å². The first-order valence-corrected chi connectivity index (χ1v) is 2.96. The SMILES string of the molecule is C/C=C(/C)N=CCC.[CH3-].[Pd]. The fraction of sp³-hybridized carbons (Fsp3) is 0.500. The number of aliphatic imine (C=N–C) groups is 1. The molecule has 10 heavy (non-hydrogen) atoms. The van der Waals surface area contributed by atoms with Crippen LogP contribution in [0.4, 0.5) is 0 Å². The Kier molecular flexibility index (Phi) is 19.6. The molecule has 2 heteroatoms. The molecule has 0 aromatic heterocycles. The quantitative estimate of drug-likeness (QED) is 0.394.